The zero-order valence-corrected chi connectivity index (χ0v) is 19.6. The van der Waals surface area contributed by atoms with Crippen molar-refractivity contribution in [2.75, 3.05) is 5.32 Å². The van der Waals surface area contributed by atoms with Crippen molar-refractivity contribution in [3.63, 3.8) is 0 Å². The lowest BCUT2D eigenvalue weighted by Gasteiger charge is -2.15. The number of benzene rings is 3. The van der Waals surface area contributed by atoms with Crippen LogP contribution in [-0.2, 0) is 5.92 Å². The van der Waals surface area contributed by atoms with Crippen molar-refractivity contribution < 1.29 is 27.1 Å². The van der Waals surface area contributed by atoms with Gasteiger partial charge in [0.05, 0.1) is 5.56 Å². The molecule has 0 unspecified atom stereocenters. The monoisotopic (exact) mass is 496 g/mol. The van der Waals surface area contributed by atoms with E-state index in [0.29, 0.717) is 33.6 Å². The Morgan fingerprint density at radius 3 is 2.42 bits per heavy atom. The number of aromatic amines is 1. The third-order valence-corrected chi connectivity index (χ3v) is 5.84. The van der Waals surface area contributed by atoms with Gasteiger partial charge >= 0.3 is 6.61 Å². The number of rotatable bonds is 8. The molecule has 0 bridgehead atoms. The van der Waals surface area contributed by atoms with E-state index in [1.165, 1.54) is 31.2 Å². The Balaban J connectivity index is 1.64. The summed E-state index contributed by atoms with van der Waals surface area (Å²) in [5, 5.41) is 2.67. The minimum atomic E-state index is -2.99. The smallest absolute Gasteiger partial charge is 0.387 e. The lowest BCUT2D eigenvalue weighted by atomic mass is 10.0. The summed E-state index contributed by atoms with van der Waals surface area (Å²) >= 11 is 0. The zero-order chi connectivity index (χ0) is 25.9. The molecule has 0 spiro atoms. The van der Waals surface area contributed by atoms with Crippen LogP contribution in [0.3, 0.4) is 0 Å². The number of amides is 1. The van der Waals surface area contributed by atoms with E-state index in [-0.39, 0.29) is 23.4 Å². The fourth-order valence-corrected chi connectivity index (χ4v) is 3.92. The van der Waals surface area contributed by atoms with Crippen LogP contribution in [0.5, 0.6) is 5.75 Å². The van der Waals surface area contributed by atoms with Crippen LogP contribution in [0.1, 0.15) is 35.0 Å². The topological polar surface area (TPSA) is 54.1 Å². The maximum atomic E-state index is 14.1. The highest BCUT2D eigenvalue weighted by Gasteiger charge is 2.29. The first-order valence-electron chi connectivity index (χ1n) is 11.3. The van der Waals surface area contributed by atoms with Crippen molar-refractivity contribution in [3.05, 3.63) is 95.7 Å². The first-order valence-corrected chi connectivity index (χ1v) is 11.3. The van der Waals surface area contributed by atoms with Gasteiger partial charge in [0.2, 0.25) is 0 Å². The molecule has 0 saturated carbocycles. The van der Waals surface area contributed by atoms with Gasteiger partial charge in [0.1, 0.15) is 5.75 Å². The van der Waals surface area contributed by atoms with Crippen LogP contribution in [-0.4, -0.2) is 17.5 Å². The first-order chi connectivity index (χ1) is 17.2. The van der Waals surface area contributed by atoms with Crippen LogP contribution in [0.4, 0.5) is 23.2 Å². The molecule has 0 radical (unpaired) electrons. The third kappa shape index (κ3) is 5.43. The average Bonchev–Trinajstić information content (AvgIpc) is 3.26. The number of ether oxygens (including phenoxy) is 1. The van der Waals surface area contributed by atoms with E-state index in [1.54, 1.807) is 55.5 Å². The SMILES string of the molecule is CCC(F)(F)c1cccc(NC(=O)c2cc(-c3ccc(OC(F)F)c(-c4ccccc4)c3)[nH]c2C)c1. The quantitative estimate of drug-likeness (QED) is 0.243. The van der Waals surface area contributed by atoms with Crippen LogP contribution < -0.4 is 10.1 Å². The van der Waals surface area contributed by atoms with E-state index in [2.05, 4.69) is 10.3 Å². The molecule has 186 valence electrons. The van der Waals surface area contributed by atoms with Gasteiger partial charge in [-0.15, -0.1) is 0 Å². The Morgan fingerprint density at radius 2 is 1.72 bits per heavy atom. The fraction of sp³-hybridized carbons (Fsp3) is 0.179. The molecular formula is C28H24F4N2O2. The molecule has 3 aromatic carbocycles. The van der Waals surface area contributed by atoms with Gasteiger partial charge in [0.15, 0.2) is 0 Å². The molecule has 0 fully saturated rings. The number of carbonyl (C=O) groups is 1. The van der Waals surface area contributed by atoms with Gasteiger partial charge in [0.25, 0.3) is 11.8 Å². The van der Waals surface area contributed by atoms with E-state index >= 15 is 0 Å². The molecule has 8 heteroatoms. The largest absolute Gasteiger partial charge is 0.434 e. The molecule has 1 heterocycles. The van der Waals surface area contributed by atoms with Gasteiger partial charge in [0, 0.05) is 34.6 Å². The van der Waals surface area contributed by atoms with E-state index in [4.69, 9.17) is 4.74 Å². The van der Waals surface area contributed by atoms with Crippen LogP contribution in [0.2, 0.25) is 0 Å². The molecule has 1 amide bonds. The molecule has 0 aliphatic heterocycles. The minimum absolute atomic E-state index is 0.0324. The molecular weight excluding hydrogens is 472 g/mol. The molecule has 0 aliphatic rings. The number of hydrogen-bond acceptors (Lipinski definition) is 2. The summed E-state index contributed by atoms with van der Waals surface area (Å²) in [7, 11) is 0. The maximum Gasteiger partial charge on any atom is 0.387 e. The predicted molar refractivity (Wildman–Crippen MR) is 132 cm³/mol. The van der Waals surface area contributed by atoms with E-state index in [9.17, 15) is 22.4 Å². The van der Waals surface area contributed by atoms with Gasteiger partial charge < -0.3 is 15.0 Å². The number of nitrogens with one attached hydrogen (secondary N) is 2. The number of aromatic nitrogens is 1. The number of anilines is 1. The van der Waals surface area contributed by atoms with Crippen LogP contribution in [0, 0.1) is 6.92 Å². The van der Waals surface area contributed by atoms with Gasteiger partial charge in [-0.3, -0.25) is 4.79 Å². The van der Waals surface area contributed by atoms with E-state index < -0.39 is 18.4 Å². The number of aryl methyl sites for hydroxylation is 1. The molecule has 1 aromatic heterocycles. The Morgan fingerprint density at radius 1 is 0.972 bits per heavy atom. The summed E-state index contributed by atoms with van der Waals surface area (Å²) in [6.07, 6.45) is -0.350. The summed E-state index contributed by atoms with van der Waals surface area (Å²) in [5.41, 5.74) is 3.38. The Labute approximate surface area is 205 Å². The highest BCUT2D eigenvalue weighted by Crippen LogP contribution is 2.36. The number of halogens is 4. The summed E-state index contributed by atoms with van der Waals surface area (Å²) in [6.45, 7) is 0.134. The molecule has 2 N–H and O–H groups in total. The summed E-state index contributed by atoms with van der Waals surface area (Å²) < 4.78 is 58.8. The predicted octanol–water partition coefficient (Wildman–Crippen LogP) is 8.01. The molecule has 4 aromatic rings. The van der Waals surface area contributed by atoms with E-state index in [0.717, 1.165) is 0 Å². The number of alkyl halides is 4. The van der Waals surface area contributed by atoms with Crippen molar-refractivity contribution >= 4 is 11.6 Å². The Hall–Kier alpha value is -4.07. The highest BCUT2D eigenvalue weighted by molar-refractivity contribution is 6.06. The normalized spacial score (nSPS) is 11.5. The summed E-state index contributed by atoms with van der Waals surface area (Å²) in [4.78, 5) is 16.1. The number of hydrogen-bond donors (Lipinski definition) is 2. The van der Waals surface area contributed by atoms with Crippen molar-refractivity contribution in [3.8, 4) is 28.1 Å². The maximum absolute atomic E-state index is 14.1. The second-order valence-corrected chi connectivity index (χ2v) is 8.27. The molecule has 0 atom stereocenters. The van der Waals surface area contributed by atoms with E-state index in [1.807, 2.05) is 6.07 Å². The first kappa shape index (κ1) is 25.0. The molecule has 0 saturated heterocycles. The van der Waals surface area contributed by atoms with Gasteiger partial charge in [-0.25, -0.2) is 8.78 Å². The lowest BCUT2D eigenvalue weighted by Crippen LogP contribution is -2.15. The molecule has 0 aliphatic carbocycles. The molecule has 4 rings (SSSR count). The third-order valence-electron chi connectivity index (χ3n) is 5.84. The van der Waals surface area contributed by atoms with Gasteiger partial charge in [-0.2, -0.15) is 8.78 Å². The van der Waals surface area contributed by atoms with Crippen LogP contribution in [0.25, 0.3) is 22.4 Å². The standard InChI is InChI=1S/C28H24F4N2O2/c1-3-28(31,32)20-10-7-11-21(15-20)34-26(35)22-16-24(33-17(22)2)19-12-13-25(36-27(29)30)23(14-19)18-8-5-4-6-9-18/h4-16,27,33H,3H2,1-2H3,(H,34,35). The van der Waals surface area contributed by atoms with Crippen LogP contribution in [0.15, 0.2) is 78.9 Å². The minimum Gasteiger partial charge on any atom is -0.434 e. The van der Waals surface area contributed by atoms with Crippen molar-refractivity contribution in [2.45, 2.75) is 32.8 Å². The summed E-state index contributed by atoms with van der Waals surface area (Å²) in [5.74, 6) is -3.42. The highest BCUT2D eigenvalue weighted by atomic mass is 19.3. The van der Waals surface area contributed by atoms with Crippen LogP contribution >= 0.6 is 0 Å². The Kier molecular flexibility index (Phi) is 7.15. The van der Waals surface area contributed by atoms with Crippen molar-refractivity contribution in [2.24, 2.45) is 0 Å². The molecule has 4 nitrogen and oxygen atoms in total. The fourth-order valence-electron chi connectivity index (χ4n) is 3.92. The average molecular weight is 497 g/mol. The number of H-pyrrole nitrogens is 1. The van der Waals surface area contributed by atoms with Crippen molar-refractivity contribution in [1.29, 1.82) is 0 Å². The molecule has 36 heavy (non-hydrogen) atoms. The second kappa shape index (κ2) is 10.3. The summed E-state index contributed by atoms with van der Waals surface area (Å²) in [6, 6.07) is 21.0. The van der Waals surface area contributed by atoms with Gasteiger partial charge in [-0.1, -0.05) is 49.4 Å². The second-order valence-electron chi connectivity index (χ2n) is 8.27. The zero-order valence-electron chi connectivity index (χ0n) is 19.6. The number of carbonyl (C=O) groups excluding carboxylic acids is 1. The lowest BCUT2D eigenvalue weighted by molar-refractivity contribution is -0.0494. The van der Waals surface area contributed by atoms with Crippen molar-refractivity contribution in [1.82, 2.24) is 4.98 Å². The Bertz CT molecular complexity index is 1370. The van der Waals surface area contributed by atoms with Gasteiger partial charge in [-0.05, 0) is 54.4 Å².